The molecular weight excluding hydrogens is 194 g/mol. The highest BCUT2D eigenvalue weighted by Gasteiger charge is 2.42. The van der Waals surface area contributed by atoms with Gasteiger partial charge >= 0.3 is 0 Å². The molecule has 0 aromatic carbocycles. The van der Waals surface area contributed by atoms with Crippen molar-refractivity contribution in [3.63, 3.8) is 0 Å². The van der Waals surface area contributed by atoms with E-state index in [1.165, 1.54) is 0 Å². The average Bonchev–Trinajstić information content (AvgIpc) is 2.16. The maximum absolute atomic E-state index is 11.1. The first-order valence-electron chi connectivity index (χ1n) is 5.54. The lowest BCUT2D eigenvalue weighted by atomic mass is 9.81. The Morgan fingerprint density at radius 3 is 2.73 bits per heavy atom. The van der Waals surface area contributed by atoms with Crippen molar-refractivity contribution in [2.24, 2.45) is 5.41 Å². The van der Waals surface area contributed by atoms with E-state index in [1.807, 2.05) is 6.92 Å². The number of ether oxygens (including phenoxy) is 1. The van der Waals surface area contributed by atoms with Crippen molar-refractivity contribution in [1.82, 2.24) is 4.90 Å². The molecule has 2 rings (SSSR count). The lowest BCUT2D eigenvalue weighted by molar-refractivity contribution is -0.137. The molecule has 86 valence electrons. The van der Waals surface area contributed by atoms with Gasteiger partial charge in [0.2, 0.25) is 0 Å². The molecule has 2 heterocycles. The molecule has 2 aliphatic heterocycles. The van der Waals surface area contributed by atoms with Crippen LogP contribution in [0.4, 0.5) is 0 Å². The Kier molecular flexibility index (Phi) is 2.83. The minimum Gasteiger partial charge on any atom is -0.388 e. The first-order valence-corrected chi connectivity index (χ1v) is 5.54. The fourth-order valence-corrected chi connectivity index (χ4v) is 2.60. The van der Waals surface area contributed by atoms with Crippen LogP contribution in [0.25, 0.3) is 0 Å². The average molecular weight is 213 g/mol. The normalized spacial score (nSPS) is 35.9. The standard InChI is InChI=1S/C11H19NO3/c1-10(14)5-12(6-10)7-11(8-13)3-2-4-15-9-11/h8,14H,2-7,9H2,1H3. The summed E-state index contributed by atoms with van der Waals surface area (Å²) in [6.45, 7) is 5.20. The molecule has 4 nitrogen and oxygen atoms in total. The van der Waals surface area contributed by atoms with Crippen LogP contribution < -0.4 is 0 Å². The quantitative estimate of drug-likeness (QED) is 0.673. The number of likely N-dealkylation sites (tertiary alicyclic amines) is 1. The van der Waals surface area contributed by atoms with Crippen LogP contribution in [0, 0.1) is 5.41 Å². The summed E-state index contributed by atoms with van der Waals surface area (Å²) in [6, 6.07) is 0. The van der Waals surface area contributed by atoms with Crippen LogP contribution in [-0.2, 0) is 9.53 Å². The van der Waals surface area contributed by atoms with E-state index >= 15 is 0 Å². The largest absolute Gasteiger partial charge is 0.388 e. The molecule has 1 atom stereocenters. The molecule has 1 unspecified atom stereocenters. The van der Waals surface area contributed by atoms with Crippen molar-refractivity contribution >= 4 is 6.29 Å². The van der Waals surface area contributed by atoms with Crippen LogP contribution in [0.15, 0.2) is 0 Å². The van der Waals surface area contributed by atoms with Crippen molar-refractivity contribution in [3.05, 3.63) is 0 Å². The van der Waals surface area contributed by atoms with Gasteiger partial charge in [-0.1, -0.05) is 0 Å². The monoisotopic (exact) mass is 213 g/mol. The van der Waals surface area contributed by atoms with E-state index in [-0.39, 0.29) is 5.41 Å². The Hall–Kier alpha value is -0.450. The molecule has 0 spiro atoms. The third-order valence-corrected chi connectivity index (χ3v) is 3.27. The second-order valence-electron chi connectivity index (χ2n) is 5.28. The summed E-state index contributed by atoms with van der Waals surface area (Å²) in [5.74, 6) is 0. The fourth-order valence-electron chi connectivity index (χ4n) is 2.60. The molecule has 2 fully saturated rings. The van der Waals surface area contributed by atoms with Gasteiger partial charge in [0, 0.05) is 26.2 Å². The highest BCUT2D eigenvalue weighted by molar-refractivity contribution is 5.60. The molecule has 0 aromatic heterocycles. The topological polar surface area (TPSA) is 49.8 Å². The third kappa shape index (κ3) is 2.38. The van der Waals surface area contributed by atoms with Crippen LogP contribution in [-0.4, -0.2) is 54.7 Å². The predicted octanol–water partition coefficient (Wildman–Crippen LogP) is 0.0487. The fraction of sp³-hybridized carbons (Fsp3) is 0.909. The van der Waals surface area contributed by atoms with Gasteiger partial charge in [0.25, 0.3) is 0 Å². The summed E-state index contributed by atoms with van der Waals surface area (Å²) in [4.78, 5) is 13.3. The molecule has 2 saturated heterocycles. The Morgan fingerprint density at radius 1 is 1.53 bits per heavy atom. The predicted molar refractivity (Wildman–Crippen MR) is 55.6 cm³/mol. The number of hydrogen-bond donors (Lipinski definition) is 1. The van der Waals surface area contributed by atoms with Crippen LogP contribution >= 0.6 is 0 Å². The Bertz CT molecular complexity index is 238. The second-order valence-corrected chi connectivity index (χ2v) is 5.28. The van der Waals surface area contributed by atoms with Crippen LogP contribution in [0.5, 0.6) is 0 Å². The minimum absolute atomic E-state index is 0.325. The molecule has 2 aliphatic rings. The van der Waals surface area contributed by atoms with Gasteiger partial charge in [0.05, 0.1) is 17.6 Å². The van der Waals surface area contributed by atoms with Gasteiger partial charge in [0.15, 0.2) is 0 Å². The maximum atomic E-state index is 11.1. The number of β-amino-alcohol motifs (C(OH)–C–C–N with tert-alkyl or cyclic N) is 1. The first-order chi connectivity index (χ1) is 7.05. The zero-order valence-electron chi connectivity index (χ0n) is 9.24. The number of hydrogen-bond acceptors (Lipinski definition) is 4. The van der Waals surface area contributed by atoms with E-state index in [1.54, 1.807) is 0 Å². The number of aliphatic hydroxyl groups is 1. The Balaban J connectivity index is 1.88. The molecule has 0 saturated carbocycles. The highest BCUT2D eigenvalue weighted by atomic mass is 16.5. The molecule has 0 amide bonds. The van der Waals surface area contributed by atoms with Crippen molar-refractivity contribution in [3.8, 4) is 0 Å². The van der Waals surface area contributed by atoms with Crippen molar-refractivity contribution < 1.29 is 14.6 Å². The van der Waals surface area contributed by atoms with Gasteiger partial charge in [-0.25, -0.2) is 0 Å². The zero-order chi connectivity index (χ0) is 10.9. The van der Waals surface area contributed by atoms with Crippen molar-refractivity contribution in [2.45, 2.75) is 25.4 Å². The van der Waals surface area contributed by atoms with E-state index in [2.05, 4.69) is 4.90 Å². The third-order valence-electron chi connectivity index (χ3n) is 3.27. The van der Waals surface area contributed by atoms with Gasteiger partial charge in [-0.3, -0.25) is 4.90 Å². The van der Waals surface area contributed by atoms with Crippen molar-refractivity contribution in [1.29, 1.82) is 0 Å². The molecule has 0 aliphatic carbocycles. The lowest BCUT2D eigenvalue weighted by Gasteiger charge is -2.48. The molecular formula is C11H19NO3. The summed E-state index contributed by atoms with van der Waals surface area (Å²) in [5, 5.41) is 9.61. The highest BCUT2D eigenvalue weighted by Crippen LogP contribution is 2.31. The summed E-state index contributed by atoms with van der Waals surface area (Å²) < 4.78 is 5.38. The molecule has 4 heteroatoms. The van der Waals surface area contributed by atoms with E-state index in [4.69, 9.17) is 4.74 Å². The van der Waals surface area contributed by atoms with Gasteiger partial charge in [-0.05, 0) is 19.8 Å². The number of aldehydes is 1. The summed E-state index contributed by atoms with van der Waals surface area (Å²) in [5.41, 5.74) is -0.881. The number of rotatable bonds is 3. The molecule has 0 radical (unpaired) electrons. The number of carbonyl (C=O) groups excluding carboxylic acids is 1. The van der Waals surface area contributed by atoms with Crippen LogP contribution in [0.3, 0.4) is 0 Å². The summed E-state index contributed by atoms with van der Waals surface area (Å²) >= 11 is 0. The molecule has 0 bridgehead atoms. The minimum atomic E-state index is -0.556. The van der Waals surface area contributed by atoms with E-state index in [0.717, 1.165) is 32.3 Å². The van der Waals surface area contributed by atoms with E-state index in [0.29, 0.717) is 19.7 Å². The molecule has 0 aromatic rings. The summed E-state index contributed by atoms with van der Waals surface area (Å²) in [6.07, 6.45) is 2.91. The maximum Gasteiger partial charge on any atom is 0.129 e. The first kappa shape index (κ1) is 11.0. The Labute approximate surface area is 90.2 Å². The molecule has 1 N–H and O–H groups in total. The lowest BCUT2D eigenvalue weighted by Crippen LogP contribution is -2.62. The van der Waals surface area contributed by atoms with Gasteiger partial charge in [-0.2, -0.15) is 0 Å². The zero-order valence-corrected chi connectivity index (χ0v) is 9.24. The smallest absolute Gasteiger partial charge is 0.129 e. The van der Waals surface area contributed by atoms with Gasteiger partial charge in [0.1, 0.15) is 6.29 Å². The second kappa shape index (κ2) is 3.85. The summed E-state index contributed by atoms with van der Waals surface area (Å²) in [7, 11) is 0. The van der Waals surface area contributed by atoms with Gasteiger partial charge < -0.3 is 14.6 Å². The molecule has 15 heavy (non-hydrogen) atoms. The SMILES string of the molecule is CC1(O)CN(CC2(C=O)CCCOC2)C1. The van der Waals surface area contributed by atoms with E-state index in [9.17, 15) is 9.90 Å². The van der Waals surface area contributed by atoms with Crippen LogP contribution in [0.1, 0.15) is 19.8 Å². The Morgan fingerprint density at radius 2 is 2.27 bits per heavy atom. The van der Waals surface area contributed by atoms with Crippen LogP contribution in [0.2, 0.25) is 0 Å². The van der Waals surface area contributed by atoms with E-state index < -0.39 is 5.60 Å². The number of carbonyl (C=O) groups is 1. The van der Waals surface area contributed by atoms with Crippen molar-refractivity contribution in [2.75, 3.05) is 32.8 Å². The van der Waals surface area contributed by atoms with Gasteiger partial charge in [-0.15, -0.1) is 0 Å². The number of nitrogens with zero attached hydrogens (tertiary/aromatic N) is 1.